The molecule has 0 bridgehead atoms. The lowest BCUT2D eigenvalue weighted by Crippen LogP contribution is -2.51. The van der Waals surface area contributed by atoms with E-state index in [1.54, 1.807) is 6.42 Å². The monoisotopic (exact) mass is 220 g/mol. The standard InChI is InChI=1S/C16H28/c1-9-5-10(2)13-8-14-11(3)7-16(14)12(4)15(13)6-9/h9-16H,5-8H2,1-4H3. The maximum absolute atomic E-state index is 2.57. The molecule has 16 heavy (non-hydrogen) atoms. The molecule has 3 aliphatic rings. The zero-order valence-corrected chi connectivity index (χ0v) is 11.4. The quantitative estimate of drug-likeness (QED) is 0.560. The number of fused-ring (bicyclic) bond motifs is 2. The van der Waals surface area contributed by atoms with Crippen molar-refractivity contribution in [3.05, 3.63) is 0 Å². The van der Waals surface area contributed by atoms with Crippen molar-refractivity contribution in [3.8, 4) is 0 Å². The van der Waals surface area contributed by atoms with Crippen molar-refractivity contribution in [1.29, 1.82) is 0 Å². The van der Waals surface area contributed by atoms with E-state index < -0.39 is 0 Å². The normalized spacial score (nSPS) is 60.8. The molecule has 8 unspecified atom stereocenters. The number of rotatable bonds is 0. The van der Waals surface area contributed by atoms with Crippen LogP contribution in [0.1, 0.15) is 53.4 Å². The zero-order valence-electron chi connectivity index (χ0n) is 11.4. The maximum Gasteiger partial charge on any atom is -0.0352 e. The van der Waals surface area contributed by atoms with Crippen LogP contribution in [0.2, 0.25) is 0 Å². The van der Waals surface area contributed by atoms with Gasteiger partial charge >= 0.3 is 0 Å². The van der Waals surface area contributed by atoms with Crippen LogP contribution < -0.4 is 0 Å². The highest BCUT2D eigenvalue weighted by molar-refractivity contribution is 5.01. The second-order valence-electron chi connectivity index (χ2n) is 7.52. The third kappa shape index (κ3) is 1.48. The lowest BCUT2D eigenvalue weighted by Gasteiger charge is -2.59. The van der Waals surface area contributed by atoms with E-state index >= 15 is 0 Å². The summed E-state index contributed by atoms with van der Waals surface area (Å²) in [4.78, 5) is 0. The Bertz CT molecular complexity index is 269. The Morgan fingerprint density at radius 3 is 1.75 bits per heavy atom. The van der Waals surface area contributed by atoms with E-state index in [1.807, 2.05) is 0 Å². The predicted octanol–water partition coefficient (Wildman–Crippen LogP) is 4.60. The summed E-state index contributed by atoms with van der Waals surface area (Å²) in [6, 6.07) is 0. The molecule has 0 heteroatoms. The average Bonchev–Trinajstić information content (AvgIpc) is 2.21. The van der Waals surface area contributed by atoms with E-state index in [2.05, 4.69) is 27.7 Å². The minimum Gasteiger partial charge on any atom is -0.0625 e. The molecule has 3 rings (SSSR count). The fourth-order valence-electron chi connectivity index (χ4n) is 5.63. The molecule has 3 saturated carbocycles. The summed E-state index contributed by atoms with van der Waals surface area (Å²) in [6.07, 6.45) is 6.15. The SMILES string of the molecule is CC1CC(C)C2CC3C(C)CC3C(C)C2C1. The molecular weight excluding hydrogens is 192 g/mol. The van der Waals surface area contributed by atoms with E-state index in [-0.39, 0.29) is 0 Å². The highest BCUT2D eigenvalue weighted by Crippen LogP contribution is 2.59. The predicted molar refractivity (Wildman–Crippen MR) is 69.1 cm³/mol. The van der Waals surface area contributed by atoms with Crippen molar-refractivity contribution in [3.63, 3.8) is 0 Å². The van der Waals surface area contributed by atoms with Crippen LogP contribution in [0, 0.1) is 47.3 Å². The van der Waals surface area contributed by atoms with Gasteiger partial charge in [0.15, 0.2) is 0 Å². The van der Waals surface area contributed by atoms with E-state index in [4.69, 9.17) is 0 Å². The molecule has 8 atom stereocenters. The van der Waals surface area contributed by atoms with Crippen LogP contribution in [0.3, 0.4) is 0 Å². The van der Waals surface area contributed by atoms with Crippen LogP contribution in [0.5, 0.6) is 0 Å². The number of hydrogen-bond acceptors (Lipinski definition) is 0. The van der Waals surface area contributed by atoms with Crippen molar-refractivity contribution in [2.45, 2.75) is 53.4 Å². The van der Waals surface area contributed by atoms with Gasteiger partial charge in [0.1, 0.15) is 0 Å². The first-order chi connectivity index (χ1) is 7.58. The Morgan fingerprint density at radius 1 is 0.562 bits per heavy atom. The molecule has 0 N–H and O–H groups in total. The molecule has 0 aliphatic heterocycles. The molecule has 0 amide bonds. The van der Waals surface area contributed by atoms with Crippen LogP contribution in [-0.4, -0.2) is 0 Å². The fourth-order valence-corrected chi connectivity index (χ4v) is 5.63. The lowest BCUT2D eigenvalue weighted by atomic mass is 9.46. The van der Waals surface area contributed by atoms with E-state index in [0.717, 1.165) is 47.3 Å². The summed E-state index contributed by atoms with van der Waals surface area (Å²) in [7, 11) is 0. The van der Waals surface area contributed by atoms with Crippen LogP contribution in [0.25, 0.3) is 0 Å². The highest BCUT2D eigenvalue weighted by atomic mass is 14.6. The molecule has 0 aromatic rings. The summed E-state index contributed by atoms with van der Waals surface area (Å²) in [5.41, 5.74) is 0. The Balaban J connectivity index is 1.80. The van der Waals surface area contributed by atoms with Gasteiger partial charge in [0, 0.05) is 0 Å². The zero-order chi connectivity index (χ0) is 11.4. The Hall–Kier alpha value is 0. The minimum atomic E-state index is 0.993. The number of hydrogen-bond donors (Lipinski definition) is 0. The average molecular weight is 220 g/mol. The first-order valence-electron chi connectivity index (χ1n) is 7.58. The minimum absolute atomic E-state index is 0.993. The van der Waals surface area contributed by atoms with Gasteiger partial charge in [0.2, 0.25) is 0 Å². The molecule has 92 valence electrons. The van der Waals surface area contributed by atoms with Gasteiger partial charge in [-0.2, -0.15) is 0 Å². The van der Waals surface area contributed by atoms with Gasteiger partial charge in [0.25, 0.3) is 0 Å². The molecule has 3 aliphatic carbocycles. The Morgan fingerprint density at radius 2 is 1.12 bits per heavy atom. The molecule has 0 spiro atoms. The summed E-state index contributed by atoms with van der Waals surface area (Å²) in [6.45, 7) is 10.1. The Kier molecular flexibility index (Phi) is 2.60. The lowest BCUT2D eigenvalue weighted by molar-refractivity contribution is -0.0965. The molecule has 0 heterocycles. The Labute approximate surface area is 101 Å². The van der Waals surface area contributed by atoms with Crippen molar-refractivity contribution >= 4 is 0 Å². The van der Waals surface area contributed by atoms with Gasteiger partial charge in [0.05, 0.1) is 0 Å². The van der Waals surface area contributed by atoms with Crippen LogP contribution in [-0.2, 0) is 0 Å². The van der Waals surface area contributed by atoms with E-state index in [9.17, 15) is 0 Å². The third-order valence-corrected chi connectivity index (χ3v) is 6.55. The molecule has 0 aromatic carbocycles. The molecule has 0 saturated heterocycles. The largest absolute Gasteiger partial charge is 0.0625 e. The van der Waals surface area contributed by atoms with Crippen LogP contribution in [0.4, 0.5) is 0 Å². The highest BCUT2D eigenvalue weighted by Gasteiger charge is 2.52. The summed E-state index contributed by atoms with van der Waals surface area (Å²) in [5.74, 6) is 8.44. The molecule has 3 fully saturated rings. The topological polar surface area (TPSA) is 0 Å². The van der Waals surface area contributed by atoms with Gasteiger partial charge in [-0.3, -0.25) is 0 Å². The van der Waals surface area contributed by atoms with Gasteiger partial charge in [-0.15, -0.1) is 0 Å². The maximum atomic E-state index is 2.57. The van der Waals surface area contributed by atoms with Gasteiger partial charge < -0.3 is 0 Å². The van der Waals surface area contributed by atoms with Crippen molar-refractivity contribution in [1.82, 2.24) is 0 Å². The summed E-state index contributed by atoms with van der Waals surface area (Å²) < 4.78 is 0. The molecule has 0 radical (unpaired) electrons. The molecule has 0 aromatic heterocycles. The van der Waals surface area contributed by atoms with Gasteiger partial charge in [-0.05, 0) is 73.0 Å². The van der Waals surface area contributed by atoms with E-state index in [0.29, 0.717) is 0 Å². The summed E-state index contributed by atoms with van der Waals surface area (Å²) in [5, 5.41) is 0. The van der Waals surface area contributed by atoms with Crippen molar-refractivity contribution < 1.29 is 0 Å². The second-order valence-corrected chi connectivity index (χ2v) is 7.52. The first kappa shape index (κ1) is 11.1. The second kappa shape index (κ2) is 3.75. The van der Waals surface area contributed by atoms with Crippen molar-refractivity contribution in [2.75, 3.05) is 0 Å². The van der Waals surface area contributed by atoms with Crippen LogP contribution >= 0.6 is 0 Å². The molecule has 0 nitrogen and oxygen atoms in total. The van der Waals surface area contributed by atoms with Gasteiger partial charge in [-0.25, -0.2) is 0 Å². The van der Waals surface area contributed by atoms with Crippen LogP contribution in [0.15, 0.2) is 0 Å². The van der Waals surface area contributed by atoms with Crippen molar-refractivity contribution in [2.24, 2.45) is 47.3 Å². The van der Waals surface area contributed by atoms with Gasteiger partial charge in [-0.1, -0.05) is 27.7 Å². The third-order valence-electron chi connectivity index (χ3n) is 6.55. The first-order valence-corrected chi connectivity index (χ1v) is 7.58. The summed E-state index contributed by atoms with van der Waals surface area (Å²) >= 11 is 0. The van der Waals surface area contributed by atoms with E-state index in [1.165, 1.54) is 19.3 Å². The fraction of sp³-hybridized carbons (Fsp3) is 1.00. The smallest absolute Gasteiger partial charge is 0.0352 e. The molecular formula is C16H28.